The molecular weight excluding hydrogens is 372 g/mol. The number of ether oxygens (including phenoxy) is 1. The third-order valence-corrected chi connectivity index (χ3v) is 5.95. The van der Waals surface area contributed by atoms with Crippen LogP contribution in [0, 0.1) is 11.3 Å². The Kier molecular flexibility index (Phi) is 6.72. The highest BCUT2D eigenvalue weighted by molar-refractivity contribution is 8.00. The Morgan fingerprint density at radius 2 is 1.68 bits per heavy atom. The van der Waals surface area contributed by atoms with Gasteiger partial charge in [0.2, 0.25) is 0 Å². The van der Waals surface area contributed by atoms with E-state index in [1.807, 2.05) is 60.7 Å². The first-order valence-corrected chi connectivity index (χ1v) is 10.2. The Balaban J connectivity index is 1.64. The van der Waals surface area contributed by atoms with Gasteiger partial charge in [0.15, 0.2) is 6.61 Å². The quantitative estimate of drug-likeness (QED) is 0.567. The highest BCUT2D eigenvalue weighted by Crippen LogP contribution is 2.36. The van der Waals surface area contributed by atoms with E-state index in [-0.39, 0.29) is 6.61 Å². The molecular formula is C22H22N2O3S. The van der Waals surface area contributed by atoms with Crippen molar-refractivity contribution in [2.75, 3.05) is 6.61 Å². The molecule has 5 nitrogen and oxygen atoms in total. The molecule has 1 amide bonds. The Morgan fingerprint density at radius 3 is 2.29 bits per heavy atom. The van der Waals surface area contributed by atoms with E-state index in [9.17, 15) is 14.9 Å². The van der Waals surface area contributed by atoms with Gasteiger partial charge in [-0.3, -0.25) is 9.59 Å². The van der Waals surface area contributed by atoms with Gasteiger partial charge in [0.05, 0.1) is 6.07 Å². The van der Waals surface area contributed by atoms with Gasteiger partial charge in [0.25, 0.3) is 5.91 Å². The molecule has 1 atom stereocenters. The summed E-state index contributed by atoms with van der Waals surface area (Å²) in [6.07, 6.45) is 3.11. The molecule has 0 heterocycles. The minimum atomic E-state index is -0.818. The smallest absolute Gasteiger partial charge is 0.324 e. The van der Waals surface area contributed by atoms with E-state index < -0.39 is 22.7 Å². The predicted octanol–water partition coefficient (Wildman–Crippen LogP) is 4.02. The van der Waals surface area contributed by atoms with Gasteiger partial charge in [0.1, 0.15) is 10.8 Å². The molecule has 0 unspecified atom stereocenters. The zero-order chi connectivity index (χ0) is 19.8. The number of amides is 1. The van der Waals surface area contributed by atoms with Crippen molar-refractivity contribution >= 4 is 23.6 Å². The van der Waals surface area contributed by atoms with E-state index in [0.29, 0.717) is 12.8 Å². The molecule has 1 saturated carbocycles. The number of nitriles is 1. The fourth-order valence-electron chi connectivity index (χ4n) is 3.27. The zero-order valence-corrected chi connectivity index (χ0v) is 16.3. The maximum Gasteiger partial charge on any atom is 0.324 e. The monoisotopic (exact) mass is 394 g/mol. The molecule has 1 fully saturated rings. The van der Waals surface area contributed by atoms with Crippen LogP contribution in [0.4, 0.5) is 0 Å². The number of esters is 1. The molecule has 1 aliphatic rings. The van der Waals surface area contributed by atoms with Crippen LogP contribution in [0.15, 0.2) is 65.6 Å². The third-order valence-electron chi connectivity index (χ3n) is 4.71. The van der Waals surface area contributed by atoms with Crippen molar-refractivity contribution in [1.82, 2.24) is 5.32 Å². The van der Waals surface area contributed by atoms with Gasteiger partial charge in [-0.05, 0) is 43.4 Å². The Labute approximate surface area is 169 Å². The molecule has 3 rings (SSSR count). The Hall–Kier alpha value is -2.78. The molecule has 144 valence electrons. The van der Waals surface area contributed by atoms with E-state index in [1.54, 1.807) is 0 Å². The minimum absolute atomic E-state index is 0.388. The van der Waals surface area contributed by atoms with Gasteiger partial charge in [-0.25, -0.2) is 0 Å². The number of thioether (sulfide) groups is 1. The molecule has 0 radical (unpaired) electrons. The summed E-state index contributed by atoms with van der Waals surface area (Å²) in [5, 5.41) is 11.5. The second-order valence-corrected chi connectivity index (χ2v) is 7.96. The van der Waals surface area contributed by atoms with Gasteiger partial charge in [-0.2, -0.15) is 5.26 Å². The fraction of sp³-hybridized carbons (Fsp3) is 0.318. The van der Waals surface area contributed by atoms with Gasteiger partial charge < -0.3 is 10.1 Å². The van der Waals surface area contributed by atoms with Crippen LogP contribution in [0.3, 0.4) is 0 Å². The number of benzene rings is 2. The molecule has 2 aromatic rings. The summed E-state index contributed by atoms with van der Waals surface area (Å²) in [5.41, 5.74) is -0.00719. The highest BCUT2D eigenvalue weighted by Gasteiger charge is 2.35. The van der Waals surface area contributed by atoms with E-state index in [2.05, 4.69) is 11.4 Å². The molecule has 28 heavy (non-hydrogen) atoms. The first-order valence-electron chi connectivity index (χ1n) is 9.27. The van der Waals surface area contributed by atoms with Crippen LogP contribution in [0.2, 0.25) is 0 Å². The second-order valence-electron chi connectivity index (χ2n) is 6.78. The zero-order valence-electron chi connectivity index (χ0n) is 15.5. The summed E-state index contributed by atoms with van der Waals surface area (Å²) in [5.74, 6) is -0.916. The number of rotatable bonds is 7. The predicted molar refractivity (Wildman–Crippen MR) is 107 cm³/mol. The average molecular weight is 394 g/mol. The first kappa shape index (κ1) is 20.0. The van der Waals surface area contributed by atoms with E-state index in [0.717, 1.165) is 23.3 Å². The summed E-state index contributed by atoms with van der Waals surface area (Å²) >= 11 is 1.38. The van der Waals surface area contributed by atoms with Crippen LogP contribution in [0.5, 0.6) is 0 Å². The minimum Gasteiger partial charge on any atom is -0.454 e. The summed E-state index contributed by atoms with van der Waals surface area (Å²) in [6, 6.07) is 21.1. The maximum absolute atomic E-state index is 12.8. The summed E-state index contributed by atoms with van der Waals surface area (Å²) in [7, 11) is 0. The number of carbonyl (C=O) groups is 2. The van der Waals surface area contributed by atoms with Crippen molar-refractivity contribution in [3.8, 4) is 6.07 Å². The third kappa shape index (κ3) is 5.14. The normalized spacial score (nSPS) is 16.0. The van der Waals surface area contributed by atoms with Gasteiger partial charge in [-0.15, -0.1) is 11.8 Å². The van der Waals surface area contributed by atoms with Crippen molar-refractivity contribution in [2.24, 2.45) is 0 Å². The molecule has 0 aliphatic heterocycles. The first-order chi connectivity index (χ1) is 13.6. The van der Waals surface area contributed by atoms with Crippen molar-refractivity contribution in [3.63, 3.8) is 0 Å². The Bertz CT molecular complexity index is 843. The SMILES string of the molecule is N#CC1(NC(=O)COC(=O)[C@@H](Sc2ccccc2)c2ccccc2)CCCC1. The molecule has 0 saturated heterocycles. The fourth-order valence-corrected chi connectivity index (χ4v) is 4.32. The van der Waals surface area contributed by atoms with Crippen LogP contribution >= 0.6 is 11.8 Å². The lowest BCUT2D eigenvalue weighted by Crippen LogP contribution is -2.46. The molecule has 0 aromatic heterocycles. The number of hydrogen-bond donors (Lipinski definition) is 1. The van der Waals surface area contributed by atoms with Crippen LogP contribution in [-0.2, 0) is 14.3 Å². The van der Waals surface area contributed by atoms with Gasteiger partial charge in [-0.1, -0.05) is 48.5 Å². The highest BCUT2D eigenvalue weighted by atomic mass is 32.2. The molecule has 0 spiro atoms. The van der Waals surface area contributed by atoms with Crippen LogP contribution in [0.25, 0.3) is 0 Å². The molecule has 1 N–H and O–H groups in total. The summed E-state index contributed by atoms with van der Waals surface area (Å²) in [4.78, 5) is 25.9. The van der Waals surface area contributed by atoms with Crippen molar-refractivity contribution in [2.45, 2.75) is 41.4 Å². The van der Waals surface area contributed by atoms with Gasteiger partial charge in [0, 0.05) is 4.90 Å². The Morgan fingerprint density at radius 1 is 1.07 bits per heavy atom. The lowest BCUT2D eigenvalue weighted by atomic mass is 10.00. The van der Waals surface area contributed by atoms with Crippen molar-refractivity contribution < 1.29 is 14.3 Å². The largest absolute Gasteiger partial charge is 0.454 e. The van der Waals surface area contributed by atoms with Crippen molar-refractivity contribution in [1.29, 1.82) is 5.26 Å². The van der Waals surface area contributed by atoms with E-state index in [1.165, 1.54) is 11.8 Å². The van der Waals surface area contributed by atoms with Gasteiger partial charge >= 0.3 is 5.97 Å². The van der Waals surface area contributed by atoms with Crippen LogP contribution < -0.4 is 5.32 Å². The maximum atomic E-state index is 12.8. The number of nitrogens with one attached hydrogen (secondary N) is 1. The lowest BCUT2D eigenvalue weighted by molar-refractivity contribution is -0.148. The number of carbonyl (C=O) groups excluding carboxylic acids is 2. The number of nitrogens with zero attached hydrogens (tertiary/aromatic N) is 1. The van der Waals surface area contributed by atoms with Crippen LogP contribution in [-0.4, -0.2) is 24.0 Å². The lowest BCUT2D eigenvalue weighted by Gasteiger charge is -2.22. The molecule has 0 bridgehead atoms. The van der Waals surface area contributed by atoms with Crippen molar-refractivity contribution in [3.05, 3.63) is 66.2 Å². The standard InChI is InChI=1S/C22H22N2O3S/c23-16-22(13-7-8-14-22)24-19(25)15-27-21(26)20(17-9-3-1-4-10-17)28-18-11-5-2-6-12-18/h1-6,9-12,20H,7-8,13-15H2,(H,24,25)/t20-/m0/s1. The van der Waals surface area contributed by atoms with E-state index >= 15 is 0 Å². The topological polar surface area (TPSA) is 79.2 Å². The molecule has 6 heteroatoms. The summed E-state index contributed by atoms with van der Waals surface area (Å²) in [6.45, 7) is -0.388. The summed E-state index contributed by atoms with van der Waals surface area (Å²) < 4.78 is 5.31. The molecule has 2 aromatic carbocycles. The van der Waals surface area contributed by atoms with E-state index in [4.69, 9.17) is 4.74 Å². The number of hydrogen-bond acceptors (Lipinski definition) is 5. The molecule has 1 aliphatic carbocycles. The van der Waals surface area contributed by atoms with Crippen LogP contribution in [0.1, 0.15) is 36.5 Å². The second kappa shape index (κ2) is 9.43. The average Bonchev–Trinajstić information content (AvgIpc) is 3.20.